The number of para-hydroxylation sites is 2. The Morgan fingerprint density at radius 1 is 1.00 bits per heavy atom. The van der Waals surface area contributed by atoms with E-state index in [0.29, 0.717) is 11.4 Å². The number of ether oxygens (including phenoxy) is 1. The number of hydrogen-bond acceptors (Lipinski definition) is 6. The van der Waals surface area contributed by atoms with Crippen molar-refractivity contribution >= 4 is 29.2 Å². The maximum Gasteiger partial charge on any atom is 0.328 e. The van der Waals surface area contributed by atoms with Crippen LogP contribution in [0.2, 0.25) is 0 Å². The van der Waals surface area contributed by atoms with Crippen molar-refractivity contribution in [3.63, 3.8) is 0 Å². The molecular weight excluding hydrogens is 358 g/mol. The molecule has 2 aromatic rings. The average molecular weight is 379 g/mol. The Bertz CT molecular complexity index is 918. The molecule has 2 fully saturated rings. The van der Waals surface area contributed by atoms with Crippen LogP contribution >= 0.6 is 0 Å². The van der Waals surface area contributed by atoms with E-state index in [1.54, 1.807) is 43.1 Å². The summed E-state index contributed by atoms with van der Waals surface area (Å²) in [5, 5.41) is 1.62. The molecular formula is C21H21N3O4. The van der Waals surface area contributed by atoms with Gasteiger partial charge in [-0.05, 0) is 38.1 Å². The molecule has 0 spiro atoms. The molecule has 4 rings (SSSR count). The summed E-state index contributed by atoms with van der Waals surface area (Å²) in [7, 11) is 0. The molecule has 1 N–H and O–H groups in total. The van der Waals surface area contributed by atoms with Gasteiger partial charge in [-0.25, -0.2) is 15.1 Å². The minimum Gasteiger partial charge on any atom is -0.465 e. The molecule has 2 aliphatic heterocycles. The number of hydrogen-bond donors (Lipinski definition) is 1. The summed E-state index contributed by atoms with van der Waals surface area (Å²) in [6.45, 7) is 3.51. The summed E-state index contributed by atoms with van der Waals surface area (Å²) in [6, 6.07) is 17.1. The highest BCUT2D eigenvalue weighted by atomic mass is 16.5. The zero-order chi connectivity index (χ0) is 19.9. The predicted molar refractivity (Wildman–Crippen MR) is 103 cm³/mol. The van der Waals surface area contributed by atoms with Crippen molar-refractivity contribution < 1.29 is 19.1 Å². The molecule has 0 saturated carbocycles. The number of benzene rings is 2. The largest absolute Gasteiger partial charge is 0.465 e. The van der Waals surface area contributed by atoms with Crippen molar-refractivity contribution in [1.29, 1.82) is 0 Å². The first-order valence-electron chi connectivity index (χ1n) is 9.21. The lowest BCUT2D eigenvalue weighted by Gasteiger charge is -2.30. The first kappa shape index (κ1) is 18.2. The van der Waals surface area contributed by atoms with Gasteiger partial charge in [-0.1, -0.05) is 36.4 Å². The van der Waals surface area contributed by atoms with Crippen molar-refractivity contribution in [3.05, 3.63) is 60.7 Å². The van der Waals surface area contributed by atoms with Crippen LogP contribution in [0.5, 0.6) is 0 Å². The summed E-state index contributed by atoms with van der Waals surface area (Å²) < 4.78 is 5.24. The van der Waals surface area contributed by atoms with Crippen molar-refractivity contribution in [2.24, 2.45) is 5.92 Å². The van der Waals surface area contributed by atoms with Crippen LogP contribution in [0.15, 0.2) is 60.7 Å². The second-order valence-electron chi connectivity index (χ2n) is 7.01. The number of nitrogens with one attached hydrogen (secondary N) is 1. The van der Waals surface area contributed by atoms with Crippen molar-refractivity contribution in [2.45, 2.75) is 25.4 Å². The van der Waals surface area contributed by atoms with E-state index >= 15 is 0 Å². The minimum absolute atomic E-state index is 0.184. The van der Waals surface area contributed by atoms with Gasteiger partial charge < -0.3 is 4.74 Å². The lowest BCUT2D eigenvalue weighted by molar-refractivity contribution is -0.153. The number of fused-ring (bicyclic) bond motifs is 1. The Hall–Kier alpha value is -3.19. The Morgan fingerprint density at radius 3 is 2.14 bits per heavy atom. The van der Waals surface area contributed by atoms with Gasteiger partial charge in [-0.3, -0.25) is 14.6 Å². The second-order valence-corrected chi connectivity index (χ2v) is 7.01. The number of hydrazine groups is 1. The number of rotatable bonds is 4. The predicted octanol–water partition coefficient (Wildman–Crippen LogP) is 1.89. The molecule has 144 valence electrons. The van der Waals surface area contributed by atoms with Gasteiger partial charge in [-0.15, -0.1) is 0 Å². The SMILES string of the molecule is CCOC(=O)[C@]1(C)NN(c2ccccc2)[C@@H]2C(=O)N(c3ccccc3)C(=O)[C@@H]21. The standard InChI is InChI=1S/C21H21N3O4/c1-3-28-20(27)21(2)16-17(24(22-21)15-12-8-5-9-13-15)19(26)23(18(16)25)14-10-6-4-7-11-14/h4-13,16-17,22H,3H2,1-2H3/t16-,17+,21-/m1/s1. The van der Waals surface area contributed by atoms with Crippen LogP contribution in [0.3, 0.4) is 0 Å². The van der Waals surface area contributed by atoms with Crippen LogP contribution in [-0.2, 0) is 19.1 Å². The monoisotopic (exact) mass is 379 g/mol. The van der Waals surface area contributed by atoms with E-state index < -0.39 is 29.4 Å². The maximum atomic E-state index is 13.3. The summed E-state index contributed by atoms with van der Waals surface area (Å²) >= 11 is 0. The van der Waals surface area contributed by atoms with Gasteiger partial charge in [0, 0.05) is 0 Å². The van der Waals surface area contributed by atoms with E-state index in [2.05, 4.69) is 5.43 Å². The van der Waals surface area contributed by atoms with Crippen LogP contribution in [0.4, 0.5) is 11.4 Å². The lowest BCUT2D eigenvalue weighted by Crippen LogP contribution is -2.56. The number of carbonyl (C=O) groups excluding carboxylic acids is 3. The van der Waals surface area contributed by atoms with Crippen molar-refractivity contribution in [2.75, 3.05) is 16.5 Å². The Morgan fingerprint density at radius 2 is 1.57 bits per heavy atom. The third kappa shape index (κ3) is 2.58. The topological polar surface area (TPSA) is 79.0 Å². The molecule has 2 heterocycles. The third-order valence-corrected chi connectivity index (χ3v) is 5.28. The van der Waals surface area contributed by atoms with Gasteiger partial charge in [0.05, 0.1) is 18.0 Å². The summed E-state index contributed by atoms with van der Waals surface area (Å²) in [5.74, 6) is -2.24. The molecule has 28 heavy (non-hydrogen) atoms. The molecule has 7 nitrogen and oxygen atoms in total. The first-order chi connectivity index (χ1) is 13.5. The molecule has 0 radical (unpaired) electrons. The highest BCUT2D eigenvalue weighted by Crippen LogP contribution is 2.42. The van der Waals surface area contributed by atoms with E-state index in [0.717, 1.165) is 0 Å². The third-order valence-electron chi connectivity index (χ3n) is 5.28. The van der Waals surface area contributed by atoms with Gasteiger partial charge in [-0.2, -0.15) is 0 Å². The van der Waals surface area contributed by atoms with Crippen LogP contribution in [0.25, 0.3) is 0 Å². The van der Waals surface area contributed by atoms with Crippen LogP contribution in [-0.4, -0.2) is 36.0 Å². The van der Waals surface area contributed by atoms with Crippen LogP contribution < -0.4 is 15.3 Å². The fourth-order valence-corrected chi connectivity index (χ4v) is 3.97. The Kier molecular flexibility index (Phi) is 4.39. The number of carbonyl (C=O) groups is 3. The molecule has 2 amide bonds. The normalized spacial score (nSPS) is 26.5. The van der Waals surface area contributed by atoms with Crippen molar-refractivity contribution in [1.82, 2.24) is 5.43 Å². The number of imide groups is 1. The number of amides is 2. The van der Waals surface area contributed by atoms with Gasteiger partial charge in [0.2, 0.25) is 5.91 Å². The summed E-state index contributed by atoms with van der Waals surface area (Å²) in [4.78, 5) is 40.6. The molecule has 7 heteroatoms. The van der Waals surface area contributed by atoms with Crippen LogP contribution in [0.1, 0.15) is 13.8 Å². The van der Waals surface area contributed by atoms with E-state index in [1.807, 2.05) is 36.4 Å². The fourth-order valence-electron chi connectivity index (χ4n) is 3.97. The van der Waals surface area contributed by atoms with E-state index in [1.165, 1.54) is 4.90 Å². The van der Waals surface area contributed by atoms with E-state index in [4.69, 9.17) is 4.74 Å². The molecule has 0 aromatic heterocycles. The second kappa shape index (κ2) is 6.76. The zero-order valence-corrected chi connectivity index (χ0v) is 15.7. The molecule has 2 saturated heterocycles. The Labute approximate surface area is 162 Å². The lowest BCUT2D eigenvalue weighted by atomic mass is 9.84. The summed E-state index contributed by atoms with van der Waals surface area (Å²) in [6.07, 6.45) is 0. The number of nitrogens with zero attached hydrogens (tertiary/aromatic N) is 2. The number of anilines is 2. The highest BCUT2D eigenvalue weighted by Gasteiger charge is 2.67. The van der Waals surface area contributed by atoms with Gasteiger partial charge in [0.25, 0.3) is 5.91 Å². The van der Waals surface area contributed by atoms with E-state index in [-0.39, 0.29) is 12.5 Å². The van der Waals surface area contributed by atoms with Gasteiger partial charge in [0.15, 0.2) is 0 Å². The van der Waals surface area contributed by atoms with E-state index in [9.17, 15) is 14.4 Å². The molecule has 0 bridgehead atoms. The summed E-state index contributed by atoms with van der Waals surface area (Å²) in [5.41, 5.74) is 2.93. The molecule has 2 aliphatic rings. The zero-order valence-electron chi connectivity index (χ0n) is 15.7. The quantitative estimate of drug-likeness (QED) is 0.646. The molecule has 3 atom stereocenters. The molecule has 2 aromatic carbocycles. The van der Waals surface area contributed by atoms with Gasteiger partial charge in [0.1, 0.15) is 17.5 Å². The molecule has 0 unspecified atom stereocenters. The first-order valence-corrected chi connectivity index (χ1v) is 9.21. The Balaban J connectivity index is 1.81. The van der Waals surface area contributed by atoms with Gasteiger partial charge >= 0.3 is 5.97 Å². The average Bonchev–Trinajstić information content (AvgIpc) is 3.17. The minimum atomic E-state index is -1.35. The smallest absolute Gasteiger partial charge is 0.328 e. The van der Waals surface area contributed by atoms with Crippen molar-refractivity contribution in [3.8, 4) is 0 Å². The van der Waals surface area contributed by atoms with Crippen LogP contribution in [0, 0.1) is 5.92 Å². The maximum absolute atomic E-state index is 13.3. The fraction of sp³-hybridized carbons (Fsp3) is 0.286. The number of esters is 1. The highest BCUT2D eigenvalue weighted by molar-refractivity contribution is 6.26. The molecule has 0 aliphatic carbocycles.